The van der Waals surface area contributed by atoms with Crippen LogP contribution in [0.4, 0.5) is 0 Å². The zero-order chi connectivity index (χ0) is 17.8. The van der Waals surface area contributed by atoms with Crippen molar-refractivity contribution in [1.82, 2.24) is 25.0 Å². The fourth-order valence-electron chi connectivity index (χ4n) is 3.15. The van der Waals surface area contributed by atoms with Crippen LogP contribution in [0.25, 0.3) is 0 Å². The van der Waals surface area contributed by atoms with E-state index in [0.717, 1.165) is 71.4 Å². The van der Waals surface area contributed by atoms with E-state index in [0.29, 0.717) is 0 Å². The average molecular weight is 429 g/mol. The summed E-state index contributed by atoms with van der Waals surface area (Å²) in [5, 5.41) is 14.5. The van der Waals surface area contributed by atoms with E-state index < -0.39 is 21.7 Å². The summed E-state index contributed by atoms with van der Waals surface area (Å²) in [5.41, 5.74) is 0. The van der Waals surface area contributed by atoms with Gasteiger partial charge < -0.3 is 0 Å². The van der Waals surface area contributed by atoms with E-state index in [2.05, 4.69) is 38.9 Å². The molecule has 3 aliphatic heterocycles. The lowest BCUT2D eigenvalue weighted by atomic mass is 10.3. The molecule has 2 bridgehead atoms. The van der Waals surface area contributed by atoms with Gasteiger partial charge in [0, 0.05) is 39.3 Å². The molecule has 1 spiro atoms. The van der Waals surface area contributed by atoms with Crippen LogP contribution in [0.5, 0.6) is 0 Å². The maximum Gasteiger partial charge on any atom is 0.236 e. The van der Waals surface area contributed by atoms with Gasteiger partial charge in [-0.15, -0.1) is 0 Å². The molecule has 3 heterocycles. The minimum absolute atomic E-state index is 0.875. The Morgan fingerprint density at radius 2 is 1.60 bits per heavy atom. The molecule has 146 valence electrons. The number of nitrogens with zero attached hydrogens (tertiary/aromatic N) is 4. The molecule has 25 heavy (non-hydrogen) atoms. The summed E-state index contributed by atoms with van der Waals surface area (Å²) in [6.07, 6.45) is 5.48. The van der Waals surface area contributed by atoms with E-state index in [9.17, 15) is 0 Å². The van der Waals surface area contributed by atoms with Crippen LogP contribution in [0, 0.1) is 0 Å². The Morgan fingerprint density at radius 3 is 2.32 bits per heavy atom. The lowest BCUT2D eigenvalue weighted by Crippen LogP contribution is -2.37. The van der Waals surface area contributed by atoms with Gasteiger partial charge in [-0.05, 0) is 43.3 Å². The highest BCUT2D eigenvalue weighted by Crippen LogP contribution is 2.76. The Balaban J connectivity index is 2.14. The summed E-state index contributed by atoms with van der Waals surface area (Å²) in [6, 6.07) is 0. The molecule has 0 radical (unpaired) electrons. The SMILES string of the molecule is CCCNP1(NCCC)=NP23=NP(Cl)(=N1)NCCCCN2CCCN3. The van der Waals surface area contributed by atoms with Crippen LogP contribution < -0.4 is 20.3 Å². The van der Waals surface area contributed by atoms with E-state index in [4.69, 9.17) is 24.8 Å². The lowest BCUT2D eigenvalue weighted by molar-refractivity contribution is 0.400. The fourth-order valence-corrected chi connectivity index (χ4v) is 16.7. The van der Waals surface area contributed by atoms with Crippen molar-refractivity contribution in [1.29, 1.82) is 0 Å². The quantitative estimate of drug-likeness (QED) is 0.458. The van der Waals surface area contributed by atoms with Gasteiger partial charge >= 0.3 is 0 Å². The molecule has 0 aromatic carbocycles. The van der Waals surface area contributed by atoms with Gasteiger partial charge in [0.1, 0.15) is 0 Å². The van der Waals surface area contributed by atoms with E-state index in [1.54, 1.807) is 0 Å². The van der Waals surface area contributed by atoms with Crippen LogP contribution in [0.15, 0.2) is 13.5 Å². The Morgan fingerprint density at radius 1 is 0.920 bits per heavy atom. The normalized spacial score (nSPS) is 35.2. The van der Waals surface area contributed by atoms with Crippen molar-refractivity contribution in [2.24, 2.45) is 13.5 Å². The van der Waals surface area contributed by atoms with Gasteiger partial charge in [0.25, 0.3) is 0 Å². The first-order chi connectivity index (χ1) is 12.1. The first kappa shape index (κ1) is 20.5. The highest BCUT2D eigenvalue weighted by molar-refractivity contribution is 7.96. The first-order valence-corrected chi connectivity index (χ1v) is 15.4. The van der Waals surface area contributed by atoms with Crippen LogP contribution >= 0.6 is 33.0 Å². The van der Waals surface area contributed by atoms with Crippen molar-refractivity contribution in [3.05, 3.63) is 0 Å². The minimum Gasteiger partial charge on any atom is -0.253 e. The van der Waals surface area contributed by atoms with Gasteiger partial charge in [0.15, 0.2) is 0 Å². The minimum atomic E-state index is -2.47. The standard InChI is InChI=1S/C13H32ClN8P3/c1-3-8-16-24(17-9-4-2)19-23(14)15-10-5-6-12-22-13-7-11-18-25(22,20-23)21-24/h15-18H,3-13H2,1-2H3. The highest BCUT2D eigenvalue weighted by Gasteiger charge is 2.41. The second-order valence-corrected chi connectivity index (χ2v) is 15.4. The average Bonchev–Trinajstić information content (AvgIpc) is 2.63. The van der Waals surface area contributed by atoms with Gasteiger partial charge in [-0.2, -0.15) is 13.5 Å². The van der Waals surface area contributed by atoms with Crippen molar-refractivity contribution in [2.75, 3.05) is 39.3 Å². The third kappa shape index (κ3) is 4.80. The molecule has 4 N–H and O–H groups in total. The molecule has 1 saturated heterocycles. The van der Waals surface area contributed by atoms with Crippen LogP contribution in [-0.2, 0) is 0 Å². The Bertz CT molecular complexity index is 625. The molecule has 0 aliphatic carbocycles. The molecule has 2 unspecified atom stereocenters. The molecule has 0 saturated carbocycles. The summed E-state index contributed by atoms with van der Waals surface area (Å²) >= 11 is 7.03. The number of fused-ring (bicyclic) bond motifs is 1. The topological polar surface area (TPSA) is 88.4 Å². The van der Waals surface area contributed by atoms with E-state index in [-0.39, 0.29) is 0 Å². The Hall–Kier alpha value is 0.780. The number of nitrogens with one attached hydrogen (secondary N) is 4. The van der Waals surface area contributed by atoms with Gasteiger partial charge in [-0.1, -0.05) is 13.8 Å². The summed E-state index contributed by atoms with van der Waals surface area (Å²) in [4.78, 5) is 0. The van der Waals surface area contributed by atoms with E-state index in [1.807, 2.05) is 0 Å². The fraction of sp³-hybridized carbons (Fsp3) is 1.00. The molecule has 0 aromatic rings. The molecule has 0 amide bonds. The molecule has 8 nitrogen and oxygen atoms in total. The summed E-state index contributed by atoms with van der Waals surface area (Å²) < 4.78 is 18.0. The zero-order valence-electron chi connectivity index (χ0n) is 15.3. The molecule has 12 heteroatoms. The lowest BCUT2D eigenvalue weighted by Gasteiger charge is -2.42. The summed E-state index contributed by atoms with van der Waals surface area (Å²) in [5.74, 6) is 0. The summed E-state index contributed by atoms with van der Waals surface area (Å²) in [7, 11) is -4.47. The molecule has 3 aliphatic rings. The predicted octanol–water partition coefficient (Wildman–Crippen LogP) is 4.76. The van der Waals surface area contributed by atoms with Crippen molar-refractivity contribution < 1.29 is 0 Å². The number of halogens is 1. The highest BCUT2D eigenvalue weighted by atomic mass is 35.7. The first-order valence-electron chi connectivity index (χ1n) is 9.42. The second kappa shape index (κ2) is 8.86. The Kier molecular flexibility index (Phi) is 7.27. The summed E-state index contributed by atoms with van der Waals surface area (Å²) in [6.45, 7) is 7.55. The number of hydrogen-bond acceptors (Lipinski definition) is 8. The van der Waals surface area contributed by atoms with Crippen LogP contribution in [0.1, 0.15) is 46.0 Å². The third-order valence-corrected chi connectivity index (χ3v) is 15.7. The molecule has 3 rings (SSSR count). The smallest absolute Gasteiger partial charge is 0.236 e. The number of hydrogen-bond donors (Lipinski definition) is 4. The van der Waals surface area contributed by atoms with Crippen molar-refractivity contribution in [3.63, 3.8) is 0 Å². The molecular weight excluding hydrogens is 397 g/mol. The van der Waals surface area contributed by atoms with Crippen LogP contribution in [0.3, 0.4) is 0 Å². The molecular formula is C13H32ClN8P3. The van der Waals surface area contributed by atoms with Crippen molar-refractivity contribution in [2.45, 2.75) is 46.0 Å². The Labute approximate surface area is 157 Å². The van der Waals surface area contributed by atoms with Gasteiger partial charge in [0.2, 0.25) is 21.7 Å². The molecule has 1 fully saturated rings. The molecule has 2 atom stereocenters. The van der Waals surface area contributed by atoms with Crippen LogP contribution in [0.2, 0.25) is 0 Å². The van der Waals surface area contributed by atoms with Gasteiger partial charge in [0.05, 0.1) is 0 Å². The van der Waals surface area contributed by atoms with E-state index in [1.165, 1.54) is 0 Å². The molecule has 0 aromatic heterocycles. The maximum atomic E-state index is 7.03. The predicted molar refractivity (Wildman–Crippen MR) is 112 cm³/mol. The monoisotopic (exact) mass is 428 g/mol. The zero-order valence-corrected chi connectivity index (χ0v) is 18.7. The van der Waals surface area contributed by atoms with Gasteiger partial charge in [-0.25, -0.2) is 4.67 Å². The maximum absolute atomic E-state index is 7.03. The second-order valence-electron chi connectivity index (χ2n) is 6.61. The van der Waals surface area contributed by atoms with E-state index >= 15 is 0 Å². The van der Waals surface area contributed by atoms with Gasteiger partial charge in [-0.3, -0.25) is 20.3 Å². The number of rotatable bonds is 6. The van der Waals surface area contributed by atoms with Crippen LogP contribution in [-0.4, -0.2) is 43.9 Å². The third-order valence-electron chi connectivity index (χ3n) is 4.38. The van der Waals surface area contributed by atoms with Crippen molar-refractivity contribution >= 4 is 33.0 Å². The largest absolute Gasteiger partial charge is 0.253 e. The van der Waals surface area contributed by atoms with Crippen molar-refractivity contribution in [3.8, 4) is 0 Å².